The molecule has 1 fully saturated rings. The summed E-state index contributed by atoms with van der Waals surface area (Å²) < 4.78 is 5.48. The third-order valence-corrected chi connectivity index (χ3v) is 6.75. The fourth-order valence-electron chi connectivity index (χ4n) is 4.84. The lowest BCUT2D eigenvalue weighted by molar-refractivity contribution is -0.144. The van der Waals surface area contributed by atoms with Gasteiger partial charge in [0.2, 0.25) is 5.91 Å². The summed E-state index contributed by atoms with van der Waals surface area (Å²) in [5, 5.41) is 4.38. The minimum absolute atomic E-state index is 0.124. The Morgan fingerprint density at radius 2 is 1.80 bits per heavy atom. The minimum Gasteiger partial charge on any atom is -0.495 e. The van der Waals surface area contributed by atoms with Crippen LogP contribution in [0, 0.1) is 0 Å². The van der Waals surface area contributed by atoms with Crippen molar-refractivity contribution in [1.29, 1.82) is 0 Å². The molecule has 0 atom stereocenters. The van der Waals surface area contributed by atoms with Gasteiger partial charge in [0.05, 0.1) is 12.1 Å². The molecule has 2 aliphatic rings. The number of methoxy groups -OCH3 is 1. The van der Waals surface area contributed by atoms with E-state index in [9.17, 15) is 4.79 Å². The number of rotatable bonds is 5. The molecule has 1 aliphatic carbocycles. The third kappa shape index (κ3) is 3.92. The van der Waals surface area contributed by atoms with Crippen molar-refractivity contribution in [1.82, 2.24) is 15.1 Å². The molecular formula is C23H27Cl2N3O2. The van der Waals surface area contributed by atoms with E-state index < -0.39 is 5.54 Å². The van der Waals surface area contributed by atoms with Gasteiger partial charge in [-0.05, 0) is 23.3 Å². The van der Waals surface area contributed by atoms with Crippen molar-refractivity contribution >= 4 is 29.1 Å². The SMILES string of the molecule is COc1c(Cl)cc(Cl)cc1CN(C)C(=O)C1(N2CCNCC2)Cc2ccccc2C1. The minimum atomic E-state index is -0.559. The number of benzene rings is 2. The predicted octanol–water partition coefficient (Wildman–Crippen LogP) is 3.40. The molecule has 0 radical (unpaired) electrons. The fourth-order valence-corrected chi connectivity index (χ4v) is 5.45. The molecule has 1 saturated heterocycles. The van der Waals surface area contributed by atoms with E-state index in [2.05, 4.69) is 34.5 Å². The molecule has 30 heavy (non-hydrogen) atoms. The van der Waals surface area contributed by atoms with E-state index in [1.54, 1.807) is 18.1 Å². The number of nitrogens with zero attached hydrogens (tertiary/aromatic N) is 2. The Hall–Kier alpha value is -1.79. The van der Waals surface area contributed by atoms with E-state index >= 15 is 0 Å². The molecule has 2 aromatic rings. The number of ether oxygens (including phenoxy) is 1. The Morgan fingerprint density at radius 1 is 1.17 bits per heavy atom. The molecule has 5 nitrogen and oxygen atoms in total. The van der Waals surface area contributed by atoms with Crippen molar-refractivity contribution in [2.24, 2.45) is 0 Å². The number of carbonyl (C=O) groups excluding carboxylic acids is 1. The first-order chi connectivity index (χ1) is 14.4. The number of likely N-dealkylation sites (N-methyl/N-ethyl adjacent to an activating group) is 1. The maximum absolute atomic E-state index is 14.0. The van der Waals surface area contributed by atoms with Gasteiger partial charge < -0.3 is 15.0 Å². The molecule has 1 amide bonds. The number of fused-ring (bicyclic) bond motifs is 1. The van der Waals surface area contributed by atoms with Gasteiger partial charge in [-0.2, -0.15) is 0 Å². The number of nitrogens with one attached hydrogen (secondary N) is 1. The zero-order valence-corrected chi connectivity index (χ0v) is 18.9. The highest BCUT2D eigenvalue weighted by atomic mass is 35.5. The number of piperazine rings is 1. The van der Waals surface area contributed by atoms with Crippen LogP contribution in [0.15, 0.2) is 36.4 Å². The first kappa shape index (κ1) is 21.4. The van der Waals surface area contributed by atoms with Gasteiger partial charge in [-0.1, -0.05) is 47.5 Å². The van der Waals surface area contributed by atoms with Crippen LogP contribution >= 0.6 is 23.2 Å². The van der Waals surface area contributed by atoms with Gasteiger partial charge >= 0.3 is 0 Å². The average molecular weight is 448 g/mol. The van der Waals surface area contributed by atoms with Gasteiger partial charge in [0.15, 0.2) is 0 Å². The molecule has 0 spiro atoms. The summed E-state index contributed by atoms with van der Waals surface area (Å²) in [6.45, 7) is 3.89. The number of hydrogen-bond acceptors (Lipinski definition) is 4. The number of carbonyl (C=O) groups is 1. The summed E-state index contributed by atoms with van der Waals surface area (Å²) in [6.07, 6.45) is 1.47. The van der Waals surface area contributed by atoms with Gasteiger partial charge in [-0.3, -0.25) is 9.69 Å². The molecule has 4 rings (SSSR count). The molecule has 0 aromatic heterocycles. The smallest absolute Gasteiger partial charge is 0.243 e. The lowest BCUT2D eigenvalue weighted by atomic mass is 9.90. The third-order valence-electron chi connectivity index (χ3n) is 6.25. The van der Waals surface area contributed by atoms with Crippen LogP contribution in [0.5, 0.6) is 5.75 Å². The van der Waals surface area contributed by atoms with Crippen molar-refractivity contribution in [3.63, 3.8) is 0 Å². The average Bonchev–Trinajstić information content (AvgIpc) is 3.14. The number of hydrogen-bond donors (Lipinski definition) is 1. The molecule has 0 unspecified atom stereocenters. The number of halogens is 2. The monoisotopic (exact) mass is 447 g/mol. The Morgan fingerprint density at radius 3 is 2.40 bits per heavy atom. The highest BCUT2D eigenvalue weighted by molar-refractivity contribution is 6.35. The first-order valence-electron chi connectivity index (χ1n) is 10.2. The maximum Gasteiger partial charge on any atom is 0.243 e. The molecule has 7 heteroatoms. The van der Waals surface area contributed by atoms with Gasteiger partial charge in [-0.25, -0.2) is 0 Å². The highest BCUT2D eigenvalue weighted by Gasteiger charge is 2.49. The molecular weight excluding hydrogens is 421 g/mol. The summed E-state index contributed by atoms with van der Waals surface area (Å²) in [7, 11) is 3.43. The zero-order valence-electron chi connectivity index (χ0n) is 17.4. The van der Waals surface area contributed by atoms with Gasteiger partial charge in [-0.15, -0.1) is 0 Å². The summed E-state index contributed by atoms with van der Waals surface area (Å²) in [6, 6.07) is 11.9. The Labute approximate surface area is 187 Å². The summed E-state index contributed by atoms with van der Waals surface area (Å²) >= 11 is 12.5. The molecule has 160 valence electrons. The first-order valence-corrected chi connectivity index (χ1v) is 11.0. The second kappa shape index (κ2) is 8.75. The van der Waals surface area contributed by atoms with Crippen LogP contribution < -0.4 is 10.1 Å². The van der Waals surface area contributed by atoms with E-state index in [1.165, 1.54) is 11.1 Å². The van der Waals surface area contributed by atoms with Crippen LogP contribution in [-0.2, 0) is 24.2 Å². The van der Waals surface area contributed by atoms with Gasteiger partial charge in [0.1, 0.15) is 11.3 Å². The quantitative estimate of drug-likeness (QED) is 0.762. The summed E-state index contributed by atoms with van der Waals surface area (Å²) in [4.78, 5) is 18.1. The fraction of sp³-hybridized carbons (Fsp3) is 0.435. The van der Waals surface area contributed by atoms with Crippen molar-refractivity contribution in [3.05, 3.63) is 63.1 Å². The van der Waals surface area contributed by atoms with Crippen molar-refractivity contribution < 1.29 is 9.53 Å². The summed E-state index contributed by atoms with van der Waals surface area (Å²) in [5.41, 5.74) is 2.77. The topological polar surface area (TPSA) is 44.8 Å². The molecule has 2 aromatic carbocycles. The molecule has 0 saturated carbocycles. The second-order valence-electron chi connectivity index (χ2n) is 8.13. The van der Waals surface area contributed by atoms with Crippen molar-refractivity contribution in [2.45, 2.75) is 24.9 Å². The van der Waals surface area contributed by atoms with Crippen LogP contribution in [0.2, 0.25) is 10.0 Å². The van der Waals surface area contributed by atoms with Crippen LogP contribution in [0.25, 0.3) is 0 Å². The molecule has 1 N–H and O–H groups in total. The maximum atomic E-state index is 14.0. The Bertz CT molecular complexity index is 919. The summed E-state index contributed by atoms with van der Waals surface area (Å²) in [5.74, 6) is 0.686. The standard InChI is InChI=1S/C23H27Cl2N3O2/c1-27(15-18-11-19(24)12-20(25)21(18)30-2)22(29)23(28-9-7-26-8-10-28)13-16-5-3-4-6-17(16)14-23/h3-6,11-12,26H,7-10,13-15H2,1-2H3. The van der Waals surface area contributed by atoms with Crippen LogP contribution in [-0.4, -0.2) is 61.6 Å². The second-order valence-corrected chi connectivity index (χ2v) is 8.98. The molecule has 1 heterocycles. The Balaban J connectivity index is 1.64. The van der Waals surface area contributed by atoms with Gasteiger partial charge in [0.25, 0.3) is 0 Å². The largest absolute Gasteiger partial charge is 0.495 e. The molecule has 0 bridgehead atoms. The highest BCUT2D eigenvalue weighted by Crippen LogP contribution is 2.38. The van der Waals surface area contributed by atoms with E-state index in [1.807, 2.05) is 13.1 Å². The van der Waals surface area contributed by atoms with E-state index in [-0.39, 0.29) is 5.91 Å². The van der Waals surface area contributed by atoms with Crippen LogP contribution in [0.4, 0.5) is 0 Å². The van der Waals surface area contributed by atoms with Crippen molar-refractivity contribution in [2.75, 3.05) is 40.3 Å². The molecule has 1 aliphatic heterocycles. The number of amides is 1. The van der Waals surface area contributed by atoms with Gasteiger partial charge in [0, 0.05) is 63.2 Å². The predicted molar refractivity (Wildman–Crippen MR) is 121 cm³/mol. The van der Waals surface area contributed by atoms with E-state index in [0.29, 0.717) is 22.3 Å². The lowest BCUT2D eigenvalue weighted by Crippen LogP contribution is -2.63. The van der Waals surface area contributed by atoms with Crippen LogP contribution in [0.3, 0.4) is 0 Å². The van der Waals surface area contributed by atoms with E-state index in [0.717, 1.165) is 44.6 Å². The van der Waals surface area contributed by atoms with E-state index in [4.69, 9.17) is 27.9 Å². The Kier molecular flexibility index (Phi) is 6.26. The van der Waals surface area contributed by atoms with Crippen LogP contribution in [0.1, 0.15) is 16.7 Å². The zero-order chi connectivity index (χ0) is 21.3. The normalized spacial score (nSPS) is 18.1. The van der Waals surface area contributed by atoms with Crippen molar-refractivity contribution in [3.8, 4) is 5.75 Å². The lowest BCUT2D eigenvalue weighted by Gasteiger charge is -2.44.